The van der Waals surface area contributed by atoms with Gasteiger partial charge in [-0.2, -0.15) is 10.2 Å². The van der Waals surface area contributed by atoms with Crippen LogP contribution in [0.2, 0.25) is 0 Å². The van der Waals surface area contributed by atoms with E-state index < -0.39 is 5.60 Å². The van der Waals surface area contributed by atoms with Crippen LogP contribution in [0.15, 0.2) is 18.5 Å². The molecule has 0 saturated heterocycles. The molecule has 0 aromatic carbocycles. The van der Waals surface area contributed by atoms with E-state index in [0.717, 1.165) is 0 Å². The Kier molecular flexibility index (Phi) is 3.63. The highest BCUT2D eigenvalue weighted by atomic mass is 16.3. The Morgan fingerprint density at radius 3 is 2.75 bits per heavy atom. The molecule has 2 N–H and O–H groups in total. The van der Waals surface area contributed by atoms with Crippen molar-refractivity contribution in [2.75, 3.05) is 6.54 Å². The number of rotatable bonds is 4. The van der Waals surface area contributed by atoms with Crippen LogP contribution in [0.1, 0.15) is 29.9 Å². The Hall–Kier alpha value is -2.15. The summed E-state index contributed by atoms with van der Waals surface area (Å²) in [5, 5.41) is 20.8. The van der Waals surface area contributed by atoms with Crippen molar-refractivity contribution in [3.63, 3.8) is 0 Å². The van der Waals surface area contributed by atoms with E-state index >= 15 is 0 Å². The molecule has 0 aliphatic heterocycles. The van der Waals surface area contributed by atoms with Gasteiger partial charge in [0.05, 0.1) is 11.3 Å². The highest BCUT2D eigenvalue weighted by Gasteiger charge is 2.23. The molecule has 0 aliphatic rings. The Bertz CT molecular complexity index is 607. The number of carbonyl (C=O) groups is 1. The van der Waals surface area contributed by atoms with E-state index in [0.29, 0.717) is 17.1 Å². The van der Waals surface area contributed by atoms with Crippen molar-refractivity contribution in [3.05, 3.63) is 29.7 Å². The Labute approximate surface area is 117 Å². The van der Waals surface area contributed by atoms with Crippen LogP contribution < -0.4 is 5.32 Å². The number of aryl methyl sites for hydroxylation is 2. The molecule has 1 amide bonds. The van der Waals surface area contributed by atoms with E-state index in [9.17, 15) is 9.90 Å². The van der Waals surface area contributed by atoms with E-state index in [2.05, 4.69) is 15.5 Å². The zero-order valence-corrected chi connectivity index (χ0v) is 12.1. The van der Waals surface area contributed by atoms with Gasteiger partial charge in [-0.1, -0.05) is 0 Å². The molecule has 0 saturated carbocycles. The summed E-state index contributed by atoms with van der Waals surface area (Å²) in [6, 6.07) is 1.78. The third-order valence-corrected chi connectivity index (χ3v) is 2.82. The molecule has 7 nitrogen and oxygen atoms in total. The molecule has 2 aromatic rings. The predicted molar refractivity (Wildman–Crippen MR) is 73.7 cm³/mol. The van der Waals surface area contributed by atoms with Crippen molar-refractivity contribution in [3.8, 4) is 5.82 Å². The number of amides is 1. The van der Waals surface area contributed by atoms with Crippen LogP contribution in [0, 0.1) is 6.92 Å². The van der Waals surface area contributed by atoms with Gasteiger partial charge in [0.2, 0.25) is 0 Å². The summed E-state index contributed by atoms with van der Waals surface area (Å²) in [6.07, 6.45) is 3.39. The minimum atomic E-state index is -0.961. The number of aromatic nitrogens is 4. The summed E-state index contributed by atoms with van der Waals surface area (Å²) in [6.45, 7) is 5.21. The maximum absolute atomic E-state index is 12.3. The smallest absolute Gasteiger partial charge is 0.257 e. The molecule has 2 rings (SSSR count). The summed E-state index contributed by atoms with van der Waals surface area (Å²) in [7, 11) is 1.76. The molecular weight excluding hydrogens is 258 g/mol. The largest absolute Gasteiger partial charge is 0.389 e. The lowest BCUT2D eigenvalue weighted by atomic mass is 10.1. The first kappa shape index (κ1) is 14.3. The van der Waals surface area contributed by atoms with E-state index in [1.165, 1.54) is 0 Å². The number of aliphatic hydroxyl groups is 1. The van der Waals surface area contributed by atoms with E-state index in [4.69, 9.17) is 0 Å². The van der Waals surface area contributed by atoms with Crippen LogP contribution in [0.5, 0.6) is 0 Å². The van der Waals surface area contributed by atoms with Crippen LogP contribution in [0.25, 0.3) is 5.82 Å². The maximum atomic E-state index is 12.3. The van der Waals surface area contributed by atoms with Gasteiger partial charge in [-0.25, -0.2) is 9.36 Å². The quantitative estimate of drug-likeness (QED) is 0.848. The molecule has 0 aliphatic carbocycles. The van der Waals surface area contributed by atoms with E-state index in [-0.39, 0.29) is 12.5 Å². The van der Waals surface area contributed by atoms with Crippen molar-refractivity contribution >= 4 is 5.91 Å². The van der Waals surface area contributed by atoms with Gasteiger partial charge < -0.3 is 10.4 Å². The third kappa shape index (κ3) is 2.88. The topological polar surface area (TPSA) is 85.0 Å². The molecule has 0 fully saturated rings. The minimum absolute atomic E-state index is 0.165. The monoisotopic (exact) mass is 277 g/mol. The van der Waals surface area contributed by atoms with Crippen LogP contribution in [-0.2, 0) is 7.05 Å². The van der Waals surface area contributed by atoms with Gasteiger partial charge in [0, 0.05) is 26.0 Å². The van der Waals surface area contributed by atoms with Gasteiger partial charge in [-0.15, -0.1) is 0 Å². The second-order valence-electron chi connectivity index (χ2n) is 5.35. The zero-order valence-electron chi connectivity index (χ0n) is 12.1. The maximum Gasteiger partial charge on any atom is 0.257 e. The molecular formula is C13H19N5O2. The van der Waals surface area contributed by atoms with Gasteiger partial charge in [0.25, 0.3) is 5.91 Å². The second kappa shape index (κ2) is 5.09. The predicted octanol–water partition coefficient (Wildman–Crippen LogP) is 0.415. The lowest BCUT2D eigenvalue weighted by Crippen LogP contribution is -2.38. The molecule has 7 heteroatoms. The van der Waals surface area contributed by atoms with Gasteiger partial charge in [-0.3, -0.25) is 4.79 Å². The van der Waals surface area contributed by atoms with Gasteiger partial charge >= 0.3 is 0 Å². The van der Waals surface area contributed by atoms with E-state index in [1.807, 2.05) is 0 Å². The van der Waals surface area contributed by atoms with Crippen molar-refractivity contribution in [2.45, 2.75) is 26.4 Å². The summed E-state index contributed by atoms with van der Waals surface area (Å²) < 4.78 is 3.21. The minimum Gasteiger partial charge on any atom is -0.389 e. The van der Waals surface area contributed by atoms with Crippen LogP contribution >= 0.6 is 0 Å². The fourth-order valence-corrected chi connectivity index (χ4v) is 1.95. The van der Waals surface area contributed by atoms with Gasteiger partial charge in [0.15, 0.2) is 5.82 Å². The third-order valence-electron chi connectivity index (χ3n) is 2.82. The standard InChI is InChI=1S/C13H19N5O2/c1-9-10(11(19)14-8-13(2,3)20)12(17(4)16-9)18-7-5-6-15-18/h5-7,20H,8H2,1-4H3,(H,14,19). The van der Waals surface area contributed by atoms with Crippen molar-refractivity contribution in [2.24, 2.45) is 7.05 Å². The summed E-state index contributed by atoms with van der Waals surface area (Å²) >= 11 is 0. The van der Waals surface area contributed by atoms with E-state index in [1.54, 1.807) is 55.6 Å². The van der Waals surface area contributed by atoms with Gasteiger partial charge in [-0.05, 0) is 26.8 Å². The highest BCUT2D eigenvalue weighted by molar-refractivity contribution is 5.98. The molecule has 0 radical (unpaired) electrons. The molecule has 20 heavy (non-hydrogen) atoms. The number of carbonyl (C=O) groups excluding carboxylic acids is 1. The molecule has 2 aromatic heterocycles. The van der Waals surface area contributed by atoms with Crippen LogP contribution in [0.4, 0.5) is 0 Å². The SMILES string of the molecule is Cc1nn(C)c(-n2cccn2)c1C(=O)NCC(C)(C)O. The molecule has 0 unspecified atom stereocenters. The highest BCUT2D eigenvalue weighted by Crippen LogP contribution is 2.17. The summed E-state index contributed by atoms with van der Waals surface area (Å²) in [5.41, 5.74) is 0.115. The first-order valence-electron chi connectivity index (χ1n) is 6.34. The molecule has 0 atom stereocenters. The first-order valence-corrected chi connectivity index (χ1v) is 6.34. The number of nitrogens with zero attached hydrogens (tertiary/aromatic N) is 4. The Morgan fingerprint density at radius 1 is 1.50 bits per heavy atom. The van der Waals surface area contributed by atoms with Gasteiger partial charge in [0.1, 0.15) is 5.56 Å². The summed E-state index contributed by atoms with van der Waals surface area (Å²) in [4.78, 5) is 12.3. The molecule has 2 heterocycles. The Morgan fingerprint density at radius 2 is 2.20 bits per heavy atom. The molecule has 0 spiro atoms. The average Bonchev–Trinajstić information content (AvgIpc) is 2.92. The first-order chi connectivity index (χ1) is 9.29. The number of hydrogen-bond acceptors (Lipinski definition) is 4. The number of hydrogen-bond donors (Lipinski definition) is 2. The normalized spacial score (nSPS) is 11.7. The van der Waals surface area contributed by atoms with Crippen LogP contribution in [0.3, 0.4) is 0 Å². The fraction of sp³-hybridized carbons (Fsp3) is 0.462. The van der Waals surface area contributed by atoms with Crippen molar-refractivity contribution < 1.29 is 9.90 Å². The average molecular weight is 277 g/mol. The van der Waals surface area contributed by atoms with Crippen molar-refractivity contribution in [1.82, 2.24) is 24.9 Å². The lowest BCUT2D eigenvalue weighted by Gasteiger charge is -2.17. The zero-order chi connectivity index (χ0) is 14.9. The lowest BCUT2D eigenvalue weighted by molar-refractivity contribution is 0.0694. The molecule has 0 bridgehead atoms. The second-order valence-corrected chi connectivity index (χ2v) is 5.35. The van der Waals surface area contributed by atoms with Crippen LogP contribution in [-0.4, -0.2) is 42.7 Å². The molecule has 108 valence electrons. The Balaban J connectivity index is 2.34. The number of nitrogens with one attached hydrogen (secondary N) is 1. The fourth-order valence-electron chi connectivity index (χ4n) is 1.95. The van der Waals surface area contributed by atoms with Crippen molar-refractivity contribution in [1.29, 1.82) is 0 Å². The summed E-state index contributed by atoms with van der Waals surface area (Å²) in [5.74, 6) is 0.323.